The quantitative estimate of drug-likeness (QED) is 0.792. The number of aryl methyl sites for hydroxylation is 2. The van der Waals surface area contributed by atoms with Gasteiger partial charge in [0.1, 0.15) is 0 Å². The average Bonchev–Trinajstić information content (AvgIpc) is 3.19. The van der Waals surface area contributed by atoms with Crippen molar-refractivity contribution in [3.63, 3.8) is 0 Å². The van der Waals surface area contributed by atoms with Crippen LogP contribution < -0.4 is 20.1 Å². The van der Waals surface area contributed by atoms with Crippen LogP contribution in [0.1, 0.15) is 24.0 Å². The number of ether oxygens (including phenoxy) is 2. The van der Waals surface area contributed by atoms with Gasteiger partial charge in [-0.1, -0.05) is 6.07 Å². The molecule has 0 unspecified atom stereocenters. The van der Waals surface area contributed by atoms with E-state index >= 15 is 0 Å². The number of benzene rings is 2. The van der Waals surface area contributed by atoms with Crippen molar-refractivity contribution >= 4 is 23.2 Å². The molecule has 0 atom stereocenters. The molecule has 158 valence electrons. The summed E-state index contributed by atoms with van der Waals surface area (Å²) in [6.07, 6.45) is 1.46. The molecule has 0 bridgehead atoms. The van der Waals surface area contributed by atoms with Crippen molar-refractivity contribution in [1.29, 1.82) is 0 Å². The van der Waals surface area contributed by atoms with Gasteiger partial charge in [0.15, 0.2) is 11.5 Å². The van der Waals surface area contributed by atoms with Crippen LogP contribution in [0.25, 0.3) is 0 Å². The number of carbonyl (C=O) groups excluding carboxylic acids is 2. The second-order valence-corrected chi connectivity index (χ2v) is 7.95. The Kier molecular flexibility index (Phi) is 5.90. The van der Waals surface area contributed by atoms with Gasteiger partial charge >= 0.3 is 0 Å². The molecule has 1 fully saturated rings. The summed E-state index contributed by atoms with van der Waals surface area (Å²) in [5, 5.41) is 5.93. The summed E-state index contributed by atoms with van der Waals surface area (Å²) in [5.41, 5.74) is 3.89. The predicted octanol–water partition coefficient (Wildman–Crippen LogP) is 3.32. The first-order valence-electron chi connectivity index (χ1n) is 10.3. The zero-order valence-corrected chi connectivity index (χ0v) is 17.4. The Hall–Kier alpha value is -3.06. The van der Waals surface area contributed by atoms with E-state index in [4.69, 9.17) is 9.47 Å². The molecule has 2 aromatic carbocycles. The lowest BCUT2D eigenvalue weighted by atomic mass is 9.95. The number of carbonyl (C=O) groups is 2. The summed E-state index contributed by atoms with van der Waals surface area (Å²) >= 11 is 0. The molecule has 0 radical (unpaired) electrons. The van der Waals surface area contributed by atoms with Crippen molar-refractivity contribution in [2.75, 3.05) is 37.1 Å². The maximum Gasteiger partial charge on any atom is 0.238 e. The normalized spacial score (nSPS) is 16.3. The highest BCUT2D eigenvalue weighted by molar-refractivity contribution is 5.93. The summed E-state index contributed by atoms with van der Waals surface area (Å²) in [4.78, 5) is 27.1. The molecule has 0 saturated carbocycles. The third-order valence-electron chi connectivity index (χ3n) is 5.76. The zero-order chi connectivity index (χ0) is 21.1. The van der Waals surface area contributed by atoms with Crippen molar-refractivity contribution < 1.29 is 19.1 Å². The highest BCUT2D eigenvalue weighted by Gasteiger charge is 2.26. The van der Waals surface area contributed by atoms with Crippen molar-refractivity contribution in [2.24, 2.45) is 5.92 Å². The smallest absolute Gasteiger partial charge is 0.238 e. The van der Waals surface area contributed by atoms with Crippen LogP contribution in [0.5, 0.6) is 11.5 Å². The fraction of sp³-hybridized carbons (Fsp3) is 0.391. The fourth-order valence-electron chi connectivity index (χ4n) is 3.79. The van der Waals surface area contributed by atoms with Gasteiger partial charge in [-0.05, 0) is 75.2 Å². The molecule has 7 heteroatoms. The minimum atomic E-state index is -0.0607. The second kappa shape index (κ2) is 8.75. The van der Waals surface area contributed by atoms with E-state index in [9.17, 15) is 9.59 Å². The van der Waals surface area contributed by atoms with E-state index in [1.807, 2.05) is 38.1 Å². The molecule has 2 heterocycles. The molecular weight excluding hydrogens is 382 g/mol. The topological polar surface area (TPSA) is 79.9 Å². The van der Waals surface area contributed by atoms with E-state index in [2.05, 4.69) is 15.5 Å². The van der Waals surface area contributed by atoms with Crippen LogP contribution in [0.15, 0.2) is 36.4 Å². The minimum absolute atomic E-state index is 0.00750. The van der Waals surface area contributed by atoms with Gasteiger partial charge in [-0.25, -0.2) is 0 Å². The van der Waals surface area contributed by atoms with E-state index in [0.29, 0.717) is 23.7 Å². The van der Waals surface area contributed by atoms with E-state index in [1.54, 1.807) is 12.1 Å². The molecule has 2 aromatic rings. The van der Waals surface area contributed by atoms with Crippen molar-refractivity contribution in [1.82, 2.24) is 4.90 Å². The Morgan fingerprint density at radius 3 is 2.40 bits per heavy atom. The molecule has 2 aliphatic rings. The number of hydrogen-bond acceptors (Lipinski definition) is 5. The average molecular weight is 409 g/mol. The van der Waals surface area contributed by atoms with Crippen molar-refractivity contribution in [3.8, 4) is 11.5 Å². The summed E-state index contributed by atoms with van der Waals surface area (Å²) in [5.74, 6) is 1.27. The van der Waals surface area contributed by atoms with E-state index in [0.717, 1.165) is 37.2 Å². The Labute approximate surface area is 176 Å². The lowest BCUT2D eigenvalue weighted by Gasteiger charge is -2.30. The highest BCUT2D eigenvalue weighted by Crippen LogP contribution is 2.34. The van der Waals surface area contributed by atoms with Gasteiger partial charge < -0.3 is 20.1 Å². The molecule has 2 aliphatic heterocycles. The molecule has 0 aliphatic carbocycles. The largest absolute Gasteiger partial charge is 0.454 e. The number of piperidine rings is 1. The van der Waals surface area contributed by atoms with Crippen molar-refractivity contribution in [2.45, 2.75) is 26.7 Å². The third-order valence-corrected chi connectivity index (χ3v) is 5.76. The summed E-state index contributed by atoms with van der Waals surface area (Å²) in [7, 11) is 0. The minimum Gasteiger partial charge on any atom is -0.454 e. The molecule has 2 amide bonds. The monoisotopic (exact) mass is 409 g/mol. The maximum absolute atomic E-state index is 12.6. The number of amides is 2. The number of fused-ring (bicyclic) bond motifs is 1. The molecule has 1 saturated heterocycles. The first kappa shape index (κ1) is 20.2. The lowest BCUT2D eigenvalue weighted by Crippen LogP contribution is -2.41. The second-order valence-electron chi connectivity index (χ2n) is 7.95. The van der Waals surface area contributed by atoms with Crippen LogP contribution in [-0.4, -0.2) is 43.1 Å². The fourth-order valence-corrected chi connectivity index (χ4v) is 3.79. The third kappa shape index (κ3) is 4.74. The number of nitrogens with one attached hydrogen (secondary N) is 2. The van der Waals surface area contributed by atoms with Gasteiger partial charge in [-0.2, -0.15) is 0 Å². The summed E-state index contributed by atoms with van der Waals surface area (Å²) in [6, 6.07) is 11.3. The first-order valence-corrected chi connectivity index (χ1v) is 10.3. The summed E-state index contributed by atoms with van der Waals surface area (Å²) < 4.78 is 10.6. The van der Waals surface area contributed by atoms with Gasteiger partial charge in [0.2, 0.25) is 18.6 Å². The van der Waals surface area contributed by atoms with Gasteiger partial charge in [0.05, 0.1) is 6.54 Å². The van der Waals surface area contributed by atoms with Crippen LogP contribution >= 0.6 is 0 Å². The van der Waals surface area contributed by atoms with Gasteiger partial charge in [0, 0.05) is 23.4 Å². The molecule has 30 heavy (non-hydrogen) atoms. The Bertz CT molecular complexity index is 951. The molecular formula is C23H27N3O4. The van der Waals surface area contributed by atoms with E-state index < -0.39 is 0 Å². The van der Waals surface area contributed by atoms with Crippen molar-refractivity contribution in [3.05, 3.63) is 47.5 Å². The molecule has 4 rings (SSSR count). The van der Waals surface area contributed by atoms with Crippen LogP contribution in [0, 0.1) is 19.8 Å². The van der Waals surface area contributed by atoms with Crippen LogP contribution in [0.3, 0.4) is 0 Å². The number of rotatable bonds is 5. The highest BCUT2D eigenvalue weighted by atomic mass is 16.7. The molecule has 0 spiro atoms. The SMILES string of the molecule is Cc1ccc(NC(=O)CN2CCC(C(=O)Nc3ccc4c(c3)OCO4)CC2)cc1C. The van der Waals surface area contributed by atoms with Crippen LogP contribution in [0.2, 0.25) is 0 Å². The van der Waals surface area contributed by atoms with E-state index in [-0.39, 0.29) is 24.5 Å². The van der Waals surface area contributed by atoms with Crippen LogP contribution in [-0.2, 0) is 9.59 Å². The van der Waals surface area contributed by atoms with Gasteiger partial charge in [0.25, 0.3) is 0 Å². The van der Waals surface area contributed by atoms with Crippen LogP contribution in [0.4, 0.5) is 11.4 Å². The number of anilines is 2. The number of hydrogen-bond donors (Lipinski definition) is 2. The maximum atomic E-state index is 12.6. The Morgan fingerprint density at radius 2 is 1.63 bits per heavy atom. The predicted molar refractivity (Wildman–Crippen MR) is 115 cm³/mol. The standard InChI is InChI=1S/C23H27N3O4/c1-15-3-4-18(11-16(15)2)24-22(27)13-26-9-7-17(8-10-26)23(28)25-19-5-6-20-21(12-19)30-14-29-20/h3-6,11-12,17H,7-10,13-14H2,1-2H3,(H,24,27)(H,25,28). The Balaban J connectivity index is 1.23. The van der Waals surface area contributed by atoms with Gasteiger partial charge in [-0.3, -0.25) is 14.5 Å². The number of likely N-dealkylation sites (tertiary alicyclic amines) is 1. The first-order chi connectivity index (χ1) is 14.5. The Morgan fingerprint density at radius 1 is 0.933 bits per heavy atom. The lowest BCUT2D eigenvalue weighted by molar-refractivity contribution is -0.121. The zero-order valence-electron chi connectivity index (χ0n) is 17.4. The molecule has 2 N–H and O–H groups in total. The number of nitrogens with zero attached hydrogens (tertiary/aromatic N) is 1. The molecule has 7 nitrogen and oxygen atoms in total. The summed E-state index contributed by atoms with van der Waals surface area (Å²) in [6.45, 7) is 6.07. The molecule has 0 aromatic heterocycles. The van der Waals surface area contributed by atoms with E-state index in [1.165, 1.54) is 5.56 Å². The van der Waals surface area contributed by atoms with Gasteiger partial charge in [-0.15, -0.1) is 0 Å².